The van der Waals surface area contributed by atoms with Gasteiger partial charge in [0, 0.05) is 12.7 Å². The van der Waals surface area contributed by atoms with E-state index in [4.69, 9.17) is 9.47 Å². The molecule has 4 nitrogen and oxygen atoms in total. The standard InChI is InChI=1S/C16H22N2O2S/c1-3-9-17-16-18-11-15(21-16)12-20-14-7-5-13(6-8-14)19-10-4-2/h5-8,11H,3-4,9-10,12H2,1-2H3,(H,17,18). The third kappa shape index (κ3) is 5.27. The van der Waals surface area contributed by atoms with Gasteiger partial charge >= 0.3 is 0 Å². The zero-order valence-electron chi connectivity index (χ0n) is 12.6. The van der Waals surface area contributed by atoms with Crippen LogP contribution in [0.15, 0.2) is 30.5 Å². The first-order valence-corrected chi connectivity index (χ1v) is 8.17. The Balaban J connectivity index is 1.80. The van der Waals surface area contributed by atoms with Gasteiger partial charge in [-0.3, -0.25) is 0 Å². The number of rotatable bonds is 9. The monoisotopic (exact) mass is 306 g/mol. The number of hydrogen-bond acceptors (Lipinski definition) is 5. The van der Waals surface area contributed by atoms with Gasteiger partial charge in [0.05, 0.1) is 11.5 Å². The second kappa shape index (κ2) is 8.52. The summed E-state index contributed by atoms with van der Waals surface area (Å²) < 4.78 is 11.3. The van der Waals surface area contributed by atoms with E-state index in [0.29, 0.717) is 6.61 Å². The van der Waals surface area contributed by atoms with Crippen LogP contribution in [-0.2, 0) is 6.61 Å². The second-order valence-corrected chi connectivity index (χ2v) is 5.78. The van der Waals surface area contributed by atoms with Crippen LogP contribution in [0.2, 0.25) is 0 Å². The Hall–Kier alpha value is -1.75. The Morgan fingerprint density at radius 1 is 1.05 bits per heavy atom. The lowest BCUT2D eigenvalue weighted by Gasteiger charge is -2.07. The van der Waals surface area contributed by atoms with Crippen molar-refractivity contribution in [2.45, 2.75) is 33.3 Å². The van der Waals surface area contributed by atoms with Gasteiger partial charge in [0.25, 0.3) is 0 Å². The topological polar surface area (TPSA) is 43.4 Å². The molecule has 2 rings (SSSR count). The molecule has 0 amide bonds. The quantitative estimate of drug-likeness (QED) is 0.748. The molecule has 0 saturated heterocycles. The van der Waals surface area contributed by atoms with Crippen molar-refractivity contribution in [2.24, 2.45) is 0 Å². The third-order valence-electron chi connectivity index (χ3n) is 2.76. The first kappa shape index (κ1) is 15.6. The molecule has 0 saturated carbocycles. The van der Waals surface area contributed by atoms with Crippen LogP contribution >= 0.6 is 11.3 Å². The van der Waals surface area contributed by atoms with Crippen molar-refractivity contribution < 1.29 is 9.47 Å². The maximum atomic E-state index is 5.76. The lowest BCUT2D eigenvalue weighted by atomic mass is 10.3. The molecule has 0 unspecified atom stereocenters. The fourth-order valence-corrected chi connectivity index (χ4v) is 2.45. The van der Waals surface area contributed by atoms with Crippen molar-refractivity contribution in [2.75, 3.05) is 18.5 Å². The maximum Gasteiger partial charge on any atom is 0.182 e. The summed E-state index contributed by atoms with van der Waals surface area (Å²) >= 11 is 1.63. The SMILES string of the molecule is CCCNc1ncc(COc2ccc(OCCC)cc2)s1. The van der Waals surface area contributed by atoms with Gasteiger partial charge in [-0.2, -0.15) is 0 Å². The number of aromatic nitrogens is 1. The molecule has 1 N–H and O–H groups in total. The van der Waals surface area contributed by atoms with Crippen molar-refractivity contribution in [3.05, 3.63) is 35.3 Å². The molecule has 0 fully saturated rings. The van der Waals surface area contributed by atoms with E-state index in [9.17, 15) is 0 Å². The molecule has 5 heteroatoms. The average Bonchev–Trinajstić information content (AvgIpc) is 2.98. The van der Waals surface area contributed by atoms with E-state index in [1.807, 2.05) is 30.5 Å². The fourth-order valence-electron chi connectivity index (χ4n) is 1.69. The van der Waals surface area contributed by atoms with E-state index < -0.39 is 0 Å². The number of nitrogens with one attached hydrogen (secondary N) is 1. The Morgan fingerprint density at radius 2 is 1.76 bits per heavy atom. The van der Waals surface area contributed by atoms with Crippen LogP contribution in [0.25, 0.3) is 0 Å². The summed E-state index contributed by atoms with van der Waals surface area (Å²) in [7, 11) is 0. The van der Waals surface area contributed by atoms with Gasteiger partial charge in [-0.05, 0) is 37.1 Å². The molecule has 0 aliphatic rings. The lowest BCUT2D eigenvalue weighted by Crippen LogP contribution is -1.98. The smallest absolute Gasteiger partial charge is 0.182 e. The van der Waals surface area contributed by atoms with Crippen LogP contribution in [0.1, 0.15) is 31.6 Å². The average molecular weight is 306 g/mol. The van der Waals surface area contributed by atoms with Crippen LogP contribution < -0.4 is 14.8 Å². The minimum atomic E-state index is 0.542. The lowest BCUT2D eigenvalue weighted by molar-refractivity contribution is 0.304. The van der Waals surface area contributed by atoms with E-state index in [2.05, 4.69) is 24.1 Å². The van der Waals surface area contributed by atoms with Gasteiger partial charge in [0.1, 0.15) is 18.1 Å². The third-order valence-corrected chi connectivity index (χ3v) is 3.69. The Morgan fingerprint density at radius 3 is 2.43 bits per heavy atom. The van der Waals surface area contributed by atoms with Crippen LogP contribution in [0.4, 0.5) is 5.13 Å². The van der Waals surface area contributed by atoms with Crippen LogP contribution in [0, 0.1) is 0 Å². The Labute approximate surface area is 130 Å². The number of benzene rings is 1. The molecule has 1 aromatic heterocycles. The van der Waals surface area contributed by atoms with Crippen molar-refractivity contribution >= 4 is 16.5 Å². The maximum absolute atomic E-state index is 5.76. The number of thiazole rings is 1. The predicted molar refractivity (Wildman–Crippen MR) is 87.5 cm³/mol. The first-order valence-electron chi connectivity index (χ1n) is 7.36. The summed E-state index contributed by atoms with van der Waals surface area (Å²) in [5.74, 6) is 1.73. The van der Waals surface area contributed by atoms with Crippen LogP contribution in [0.3, 0.4) is 0 Å². The Bertz CT molecular complexity index is 525. The molecule has 0 spiro atoms. The molecule has 2 aromatic rings. The zero-order valence-corrected chi connectivity index (χ0v) is 13.4. The normalized spacial score (nSPS) is 10.4. The highest BCUT2D eigenvalue weighted by atomic mass is 32.1. The van der Waals surface area contributed by atoms with E-state index >= 15 is 0 Å². The van der Waals surface area contributed by atoms with Crippen molar-refractivity contribution in [1.82, 2.24) is 4.98 Å². The Kier molecular flexibility index (Phi) is 6.34. The first-order chi connectivity index (χ1) is 10.3. The molecule has 1 aromatic carbocycles. The van der Waals surface area contributed by atoms with Gasteiger partial charge in [-0.15, -0.1) is 0 Å². The molecular weight excluding hydrogens is 284 g/mol. The largest absolute Gasteiger partial charge is 0.494 e. The second-order valence-electron chi connectivity index (χ2n) is 4.67. The zero-order chi connectivity index (χ0) is 14.9. The number of ether oxygens (including phenoxy) is 2. The van der Waals surface area contributed by atoms with E-state index in [-0.39, 0.29) is 0 Å². The molecule has 0 aliphatic heterocycles. The van der Waals surface area contributed by atoms with Crippen molar-refractivity contribution in [1.29, 1.82) is 0 Å². The van der Waals surface area contributed by atoms with Crippen molar-refractivity contribution in [3.8, 4) is 11.5 Å². The molecule has 114 valence electrons. The summed E-state index contributed by atoms with van der Waals surface area (Å²) in [6.07, 6.45) is 3.97. The van der Waals surface area contributed by atoms with E-state index in [1.54, 1.807) is 11.3 Å². The summed E-state index contributed by atoms with van der Waals surface area (Å²) in [6.45, 7) is 6.47. The highest BCUT2D eigenvalue weighted by Crippen LogP contribution is 2.22. The minimum Gasteiger partial charge on any atom is -0.494 e. The summed E-state index contributed by atoms with van der Waals surface area (Å²) in [4.78, 5) is 5.43. The van der Waals surface area contributed by atoms with Gasteiger partial charge in [0.15, 0.2) is 5.13 Å². The fraction of sp³-hybridized carbons (Fsp3) is 0.438. The molecule has 0 atom stereocenters. The number of hydrogen-bond donors (Lipinski definition) is 1. The highest BCUT2D eigenvalue weighted by Gasteiger charge is 2.03. The number of nitrogens with zero attached hydrogens (tertiary/aromatic N) is 1. The summed E-state index contributed by atoms with van der Waals surface area (Å²) in [6, 6.07) is 7.74. The summed E-state index contributed by atoms with van der Waals surface area (Å²) in [5, 5.41) is 4.23. The van der Waals surface area contributed by atoms with Gasteiger partial charge in [0.2, 0.25) is 0 Å². The van der Waals surface area contributed by atoms with E-state index in [1.165, 1.54) is 0 Å². The van der Waals surface area contributed by atoms with Crippen LogP contribution in [0.5, 0.6) is 11.5 Å². The van der Waals surface area contributed by atoms with Gasteiger partial charge < -0.3 is 14.8 Å². The number of anilines is 1. The predicted octanol–water partition coefficient (Wildman–Crippen LogP) is 4.33. The summed E-state index contributed by atoms with van der Waals surface area (Å²) in [5.41, 5.74) is 0. The van der Waals surface area contributed by atoms with Gasteiger partial charge in [-0.1, -0.05) is 25.2 Å². The molecule has 1 heterocycles. The highest BCUT2D eigenvalue weighted by molar-refractivity contribution is 7.15. The van der Waals surface area contributed by atoms with Gasteiger partial charge in [-0.25, -0.2) is 4.98 Å². The minimum absolute atomic E-state index is 0.542. The van der Waals surface area contributed by atoms with Crippen molar-refractivity contribution in [3.63, 3.8) is 0 Å². The molecule has 0 aliphatic carbocycles. The van der Waals surface area contributed by atoms with Crippen LogP contribution in [-0.4, -0.2) is 18.1 Å². The molecule has 0 radical (unpaired) electrons. The molecule has 0 bridgehead atoms. The molecular formula is C16H22N2O2S. The molecule has 21 heavy (non-hydrogen) atoms. The van der Waals surface area contributed by atoms with E-state index in [0.717, 1.165) is 47.5 Å².